The van der Waals surface area contributed by atoms with Crippen molar-refractivity contribution in [1.29, 1.82) is 5.26 Å². The van der Waals surface area contributed by atoms with Gasteiger partial charge in [0, 0.05) is 17.2 Å². The quantitative estimate of drug-likeness (QED) is 0.757. The van der Waals surface area contributed by atoms with Crippen LogP contribution in [-0.4, -0.2) is 29.0 Å². The highest BCUT2D eigenvalue weighted by Crippen LogP contribution is 2.28. The molecule has 0 amide bonds. The maximum Gasteiger partial charge on any atom is 0.118 e. The number of ether oxygens (including phenoxy) is 1. The van der Waals surface area contributed by atoms with E-state index in [1.165, 1.54) is 0 Å². The molecule has 0 aliphatic rings. The van der Waals surface area contributed by atoms with E-state index < -0.39 is 0 Å². The van der Waals surface area contributed by atoms with Gasteiger partial charge in [0.05, 0.1) is 31.0 Å². The Morgan fingerprint density at radius 1 is 1.21 bits per heavy atom. The van der Waals surface area contributed by atoms with Crippen molar-refractivity contribution >= 4 is 0 Å². The number of hydrogen-bond donors (Lipinski definition) is 2. The number of hydrogen-bond acceptors (Lipinski definition) is 4. The van der Waals surface area contributed by atoms with Gasteiger partial charge in [-0.1, -0.05) is 24.3 Å². The number of aliphatic hydroxyl groups is 1. The molecule has 3 rings (SSSR count). The molecule has 120 valence electrons. The Balaban J connectivity index is 1.91. The monoisotopic (exact) mass is 319 g/mol. The largest absolute Gasteiger partial charge is 0.497 e. The van der Waals surface area contributed by atoms with Crippen LogP contribution in [0.4, 0.5) is 0 Å². The van der Waals surface area contributed by atoms with E-state index in [0.29, 0.717) is 5.56 Å². The van der Waals surface area contributed by atoms with E-state index in [-0.39, 0.29) is 12.5 Å². The highest BCUT2D eigenvalue weighted by molar-refractivity contribution is 5.62. The summed E-state index contributed by atoms with van der Waals surface area (Å²) in [6, 6.07) is 18.9. The summed E-state index contributed by atoms with van der Waals surface area (Å²) in [5.41, 5.74) is 3.99. The van der Waals surface area contributed by atoms with Crippen molar-refractivity contribution in [2.24, 2.45) is 0 Å². The van der Waals surface area contributed by atoms with Gasteiger partial charge in [0.2, 0.25) is 0 Å². The first-order valence-corrected chi connectivity index (χ1v) is 7.56. The highest BCUT2D eigenvalue weighted by atomic mass is 16.5. The molecule has 5 nitrogen and oxygen atoms in total. The number of aliphatic hydroxyl groups excluding tert-OH is 1. The summed E-state index contributed by atoms with van der Waals surface area (Å²) >= 11 is 0. The number of benzene rings is 2. The van der Waals surface area contributed by atoms with Crippen molar-refractivity contribution < 1.29 is 9.84 Å². The first kappa shape index (κ1) is 15.8. The van der Waals surface area contributed by atoms with Crippen molar-refractivity contribution in [1.82, 2.24) is 10.2 Å². The lowest BCUT2D eigenvalue weighted by Gasteiger charge is -2.13. The third-order valence-corrected chi connectivity index (χ3v) is 3.96. The minimum absolute atomic E-state index is 0.0355. The zero-order valence-corrected chi connectivity index (χ0v) is 13.2. The van der Waals surface area contributed by atoms with E-state index in [0.717, 1.165) is 28.3 Å². The topological polar surface area (TPSA) is 81.9 Å². The second kappa shape index (κ2) is 6.99. The van der Waals surface area contributed by atoms with Gasteiger partial charge >= 0.3 is 0 Å². The Bertz CT molecular complexity index is 863. The van der Waals surface area contributed by atoms with Gasteiger partial charge < -0.3 is 9.84 Å². The van der Waals surface area contributed by atoms with Gasteiger partial charge in [-0.25, -0.2) is 0 Å². The van der Waals surface area contributed by atoms with E-state index in [9.17, 15) is 5.11 Å². The van der Waals surface area contributed by atoms with Crippen LogP contribution in [0.25, 0.3) is 11.3 Å². The second-order valence-corrected chi connectivity index (χ2v) is 5.41. The lowest BCUT2D eigenvalue weighted by atomic mass is 9.96. The summed E-state index contributed by atoms with van der Waals surface area (Å²) in [5, 5.41) is 26.1. The molecule has 0 radical (unpaired) electrons. The van der Waals surface area contributed by atoms with Crippen molar-refractivity contribution in [3.8, 4) is 23.1 Å². The number of rotatable bonds is 5. The van der Waals surface area contributed by atoms with Crippen LogP contribution in [0.5, 0.6) is 5.75 Å². The lowest BCUT2D eigenvalue weighted by Crippen LogP contribution is -2.06. The molecule has 24 heavy (non-hydrogen) atoms. The Hall–Kier alpha value is -3.10. The Kier molecular flexibility index (Phi) is 4.59. The maximum absolute atomic E-state index is 9.80. The van der Waals surface area contributed by atoms with Gasteiger partial charge in [-0.2, -0.15) is 10.4 Å². The predicted molar refractivity (Wildman–Crippen MR) is 90.7 cm³/mol. The van der Waals surface area contributed by atoms with Crippen molar-refractivity contribution in [2.45, 2.75) is 5.92 Å². The first-order valence-electron chi connectivity index (χ1n) is 7.56. The Labute approximate surface area is 140 Å². The van der Waals surface area contributed by atoms with Crippen LogP contribution < -0.4 is 4.74 Å². The fourth-order valence-corrected chi connectivity index (χ4v) is 2.63. The van der Waals surface area contributed by atoms with Crippen LogP contribution in [0.3, 0.4) is 0 Å². The summed E-state index contributed by atoms with van der Waals surface area (Å²) in [6.07, 6.45) is 0. The van der Waals surface area contributed by atoms with Crippen molar-refractivity contribution in [3.05, 3.63) is 71.4 Å². The average Bonchev–Trinajstić information content (AvgIpc) is 3.13. The zero-order chi connectivity index (χ0) is 16.9. The molecule has 1 aromatic heterocycles. The molecule has 3 aromatic rings. The van der Waals surface area contributed by atoms with E-state index in [4.69, 9.17) is 10.00 Å². The molecule has 0 bridgehead atoms. The maximum atomic E-state index is 9.80. The van der Waals surface area contributed by atoms with Crippen LogP contribution in [-0.2, 0) is 0 Å². The van der Waals surface area contributed by atoms with E-state index in [2.05, 4.69) is 16.3 Å². The zero-order valence-electron chi connectivity index (χ0n) is 13.2. The van der Waals surface area contributed by atoms with Crippen LogP contribution in [0.15, 0.2) is 54.6 Å². The van der Waals surface area contributed by atoms with Crippen molar-refractivity contribution in [2.75, 3.05) is 13.7 Å². The molecular formula is C19H17N3O2. The van der Waals surface area contributed by atoms with E-state index >= 15 is 0 Å². The molecule has 0 aliphatic heterocycles. The molecule has 5 heteroatoms. The number of methoxy groups -OCH3 is 1. The minimum Gasteiger partial charge on any atom is -0.497 e. The third-order valence-electron chi connectivity index (χ3n) is 3.96. The van der Waals surface area contributed by atoms with Crippen LogP contribution in [0.2, 0.25) is 0 Å². The SMILES string of the molecule is COc1ccc(C(CO)c2cc(-c3cccc(C#N)c3)n[nH]2)cc1. The van der Waals surface area contributed by atoms with Gasteiger partial charge in [-0.05, 0) is 35.9 Å². The summed E-state index contributed by atoms with van der Waals surface area (Å²) in [5.74, 6) is 0.574. The Morgan fingerprint density at radius 3 is 2.67 bits per heavy atom. The summed E-state index contributed by atoms with van der Waals surface area (Å²) in [4.78, 5) is 0. The lowest BCUT2D eigenvalue weighted by molar-refractivity contribution is 0.278. The fraction of sp³-hybridized carbons (Fsp3) is 0.158. The van der Waals surface area contributed by atoms with Crippen LogP contribution >= 0.6 is 0 Å². The molecule has 0 spiro atoms. The molecule has 0 fully saturated rings. The van der Waals surface area contributed by atoms with Gasteiger partial charge in [-0.3, -0.25) is 5.10 Å². The number of H-pyrrole nitrogens is 1. The third kappa shape index (κ3) is 3.14. The molecule has 2 N–H and O–H groups in total. The molecule has 1 atom stereocenters. The summed E-state index contributed by atoms with van der Waals surface area (Å²) in [7, 11) is 1.62. The van der Waals surface area contributed by atoms with E-state index in [1.807, 2.05) is 42.5 Å². The molecule has 0 saturated carbocycles. The number of nitrogens with one attached hydrogen (secondary N) is 1. The summed E-state index contributed by atoms with van der Waals surface area (Å²) < 4.78 is 5.16. The molecular weight excluding hydrogens is 302 g/mol. The van der Waals surface area contributed by atoms with Crippen LogP contribution in [0.1, 0.15) is 22.7 Å². The first-order chi connectivity index (χ1) is 11.7. The standard InChI is InChI=1S/C19H17N3O2/c1-24-16-7-5-14(6-8-16)17(12-23)19-10-18(21-22-19)15-4-2-3-13(9-15)11-20/h2-10,17,23H,12H2,1H3,(H,21,22). The Morgan fingerprint density at radius 2 is 2.00 bits per heavy atom. The number of aromatic nitrogens is 2. The number of nitriles is 1. The normalized spacial score (nSPS) is 11.7. The van der Waals surface area contributed by atoms with Gasteiger partial charge in [-0.15, -0.1) is 0 Å². The fourth-order valence-electron chi connectivity index (χ4n) is 2.63. The molecule has 1 heterocycles. The molecule has 1 unspecified atom stereocenters. The second-order valence-electron chi connectivity index (χ2n) is 5.41. The van der Waals surface area contributed by atoms with Crippen molar-refractivity contribution in [3.63, 3.8) is 0 Å². The number of aromatic amines is 1. The predicted octanol–water partition coefficient (Wildman–Crippen LogP) is 3.08. The van der Waals surface area contributed by atoms with Gasteiger partial charge in [0.1, 0.15) is 5.75 Å². The average molecular weight is 319 g/mol. The van der Waals surface area contributed by atoms with Gasteiger partial charge in [0.15, 0.2) is 0 Å². The smallest absolute Gasteiger partial charge is 0.118 e. The number of nitrogens with zero attached hydrogens (tertiary/aromatic N) is 2. The molecule has 0 saturated heterocycles. The molecule has 0 aliphatic carbocycles. The van der Waals surface area contributed by atoms with E-state index in [1.54, 1.807) is 19.2 Å². The highest BCUT2D eigenvalue weighted by Gasteiger charge is 2.17. The van der Waals surface area contributed by atoms with Gasteiger partial charge in [0.25, 0.3) is 0 Å². The minimum atomic E-state index is -0.198. The summed E-state index contributed by atoms with van der Waals surface area (Å²) in [6.45, 7) is -0.0355. The van der Waals surface area contributed by atoms with Crippen LogP contribution in [0, 0.1) is 11.3 Å². The molecule has 2 aromatic carbocycles.